The standard InChI is InChI=1S/C13H26N2O3S/c1-12(2,14-5)8-10(16)15-9(11(17)18-6)7-13(3,4)19/h9,14,19H,7-8H2,1-6H3,(H,15,16)/t9-/m0/s1. The van der Waals surface area contributed by atoms with Gasteiger partial charge in [-0.05, 0) is 27.3 Å². The van der Waals surface area contributed by atoms with Gasteiger partial charge >= 0.3 is 5.97 Å². The summed E-state index contributed by atoms with van der Waals surface area (Å²) in [5, 5.41) is 5.76. The van der Waals surface area contributed by atoms with Crippen molar-refractivity contribution < 1.29 is 14.3 Å². The number of methoxy groups -OCH3 is 1. The van der Waals surface area contributed by atoms with Gasteiger partial charge in [0.15, 0.2) is 0 Å². The Morgan fingerprint density at radius 2 is 1.79 bits per heavy atom. The highest BCUT2D eigenvalue weighted by Crippen LogP contribution is 2.20. The molecule has 0 spiro atoms. The molecule has 0 aromatic carbocycles. The Hall–Kier alpha value is -0.750. The summed E-state index contributed by atoms with van der Waals surface area (Å²) < 4.78 is 4.34. The highest BCUT2D eigenvalue weighted by Gasteiger charge is 2.29. The van der Waals surface area contributed by atoms with E-state index in [1.807, 2.05) is 27.7 Å². The maximum atomic E-state index is 12.0. The van der Waals surface area contributed by atoms with E-state index in [1.165, 1.54) is 7.11 Å². The fourth-order valence-corrected chi connectivity index (χ4v) is 1.75. The second-order valence-electron chi connectivity index (χ2n) is 5.97. The summed E-state index contributed by atoms with van der Waals surface area (Å²) >= 11 is 4.38. The summed E-state index contributed by atoms with van der Waals surface area (Å²) in [5.74, 6) is -0.634. The van der Waals surface area contributed by atoms with Crippen LogP contribution in [-0.4, -0.2) is 42.4 Å². The molecule has 1 amide bonds. The molecule has 5 nitrogen and oxygen atoms in total. The van der Waals surface area contributed by atoms with Gasteiger partial charge in [0.25, 0.3) is 0 Å². The molecule has 0 aliphatic rings. The third-order valence-corrected chi connectivity index (χ3v) is 2.99. The molecule has 0 saturated heterocycles. The van der Waals surface area contributed by atoms with Crippen molar-refractivity contribution >= 4 is 24.5 Å². The smallest absolute Gasteiger partial charge is 0.328 e. The molecular formula is C13H26N2O3S. The first kappa shape index (κ1) is 18.2. The van der Waals surface area contributed by atoms with Gasteiger partial charge in [0.2, 0.25) is 5.91 Å². The topological polar surface area (TPSA) is 67.4 Å². The lowest BCUT2D eigenvalue weighted by Gasteiger charge is -2.27. The van der Waals surface area contributed by atoms with E-state index in [1.54, 1.807) is 7.05 Å². The van der Waals surface area contributed by atoms with E-state index in [-0.39, 0.29) is 22.6 Å². The number of carbonyl (C=O) groups excluding carboxylic acids is 2. The molecule has 0 rings (SSSR count). The van der Waals surface area contributed by atoms with Crippen molar-refractivity contribution in [3.8, 4) is 0 Å². The molecule has 1 atom stereocenters. The van der Waals surface area contributed by atoms with Gasteiger partial charge in [0.05, 0.1) is 7.11 Å². The largest absolute Gasteiger partial charge is 0.467 e. The summed E-state index contributed by atoms with van der Waals surface area (Å²) in [6.07, 6.45) is 0.693. The summed E-state index contributed by atoms with van der Waals surface area (Å²) in [4.78, 5) is 23.6. The van der Waals surface area contributed by atoms with Crippen molar-refractivity contribution in [2.45, 2.75) is 56.9 Å². The lowest BCUT2D eigenvalue weighted by molar-refractivity contribution is -0.145. The van der Waals surface area contributed by atoms with Gasteiger partial charge in [-0.3, -0.25) is 4.79 Å². The molecule has 2 N–H and O–H groups in total. The first-order valence-corrected chi connectivity index (χ1v) is 6.74. The maximum absolute atomic E-state index is 12.0. The molecule has 6 heteroatoms. The van der Waals surface area contributed by atoms with Crippen LogP contribution in [0.3, 0.4) is 0 Å². The van der Waals surface area contributed by atoms with Crippen molar-refractivity contribution in [1.29, 1.82) is 0 Å². The lowest BCUT2D eigenvalue weighted by Crippen LogP contribution is -2.48. The summed E-state index contributed by atoms with van der Waals surface area (Å²) in [5.41, 5.74) is -0.318. The average Bonchev–Trinajstić information content (AvgIpc) is 2.24. The Morgan fingerprint density at radius 1 is 1.26 bits per heavy atom. The predicted molar refractivity (Wildman–Crippen MR) is 79.4 cm³/mol. The van der Waals surface area contributed by atoms with E-state index in [0.29, 0.717) is 6.42 Å². The molecule has 0 aromatic rings. The number of nitrogens with one attached hydrogen (secondary N) is 2. The number of hydrogen-bond donors (Lipinski definition) is 3. The van der Waals surface area contributed by atoms with E-state index in [2.05, 4.69) is 23.3 Å². The number of ether oxygens (including phenoxy) is 1. The molecule has 0 bridgehead atoms. The number of amides is 1. The SMILES string of the molecule is CNC(C)(C)CC(=O)N[C@@H](CC(C)(C)S)C(=O)OC. The Balaban J connectivity index is 4.65. The van der Waals surface area contributed by atoms with E-state index >= 15 is 0 Å². The molecule has 0 aliphatic carbocycles. The first-order chi connectivity index (χ1) is 8.50. The van der Waals surface area contributed by atoms with E-state index < -0.39 is 12.0 Å². The zero-order chi connectivity index (χ0) is 15.3. The lowest BCUT2D eigenvalue weighted by atomic mass is 9.99. The molecule has 0 fully saturated rings. The Labute approximate surface area is 121 Å². The highest BCUT2D eigenvalue weighted by atomic mass is 32.1. The number of thiol groups is 1. The van der Waals surface area contributed by atoms with Crippen LogP contribution in [-0.2, 0) is 14.3 Å². The van der Waals surface area contributed by atoms with Gasteiger partial charge in [-0.2, -0.15) is 12.6 Å². The molecule has 19 heavy (non-hydrogen) atoms. The summed E-state index contributed by atoms with van der Waals surface area (Å²) in [6, 6.07) is -0.669. The van der Waals surface area contributed by atoms with E-state index in [9.17, 15) is 9.59 Å². The van der Waals surface area contributed by atoms with Gasteiger partial charge in [-0.25, -0.2) is 4.79 Å². The second kappa shape index (κ2) is 7.14. The summed E-state index contributed by atoms with van der Waals surface area (Å²) in [7, 11) is 3.10. The molecule has 112 valence electrons. The monoisotopic (exact) mass is 290 g/mol. The van der Waals surface area contributed by atoms with Gasteiger partial charge < -0.3 is 15.4 Å². The Bertz CT molecular complexity index is 324. The van der Waals surface area contributed by atoms with Crippen molar-refractivity contribution in [3.63, 3.8) is 0 Å². The molecule has 0 heterocycles. The highest BCUT2D eigenvalue weighted by molar-refractivity contribution is 7.81. The van der Waals surface area contributed by atoms with Crippen LogP contribution in [0.1, 0.15) is 40.5 Å². The second-order valence-corrected chi connectivity index (χ2v) is 7.18. The van der Waals surface area contributed by atoms with E-state index in [4.69, 9.17) is 4.74 Å². The van der Waals surface area contributed by atoms with Crippen molar-refractivity contribution in [2.24, 2.45) is 0 Å². The van der Waals surface area contributed by atoms with Crippen molar-refractivity contribution in [1.82, 2.24) is 10.6 Å². The normalized spacial score (nSPS) is 13.8. The fourth-order valence-electron chi connectivity index (χ4n) is 1.57. The van der Waals surface area contributed by atoms with Crippen molar-refractivity contribution in [2.75, 3.05) is 14.2 Å². The minimum absolute atomic E-state index is 0.188. The summed E-state index contributed by atoms with van der Waals surface area (Å²) in [6.45, 7) is 7.61. The number of esters is 1. The first-order valence-electron chi connectivity index (χ1n) is 6.29. The van der Waals surface area contributed by atoms with Crippen molar-refractivity contribution in [3.05, 3.63) is 0 Å². The fraction of sp³-hybridized carbons (Fsp3) is 0.846. The Morgan fingerprint density at radius 3 is 2.16 bits per heavy atom. The molecule has 0 aliphatic heterocycles. The number of rotatable bonds is 7. The van der Waals surface area contributed by atoms with Crippen LogP contribution in [0.15, 0.2) is 0 Å². The predicted octanol–water partition coefficient (Wildman–Crippen LogP) is 1.13. The molecule has 0 radical (unpaired) electrons. The van der Waals surface area contributed by atoms with E-state index in [0.717, 1.165) is 0 Å². The third kappa shape index (κ3) is 8.10. The average molecular weight is 290 g/mol. The van der Waals surface area contributed by atoms with Crippen LogP contribution in [0.2, 0.25) is 0 Å². The number of hydrogen-bond acceptors (Lipinski definition) is 5. The molecule has 0 saturated carbocycles. The van der Waals surface area contributed by atoms with Gasteiger partial charge in [0, 0.05) is 16.7 Å². The quantitative estimate of drug-likeness (QED) is 0.486. The molecule has 0 unspecified atom stereocenters. The molecular weight excluding hydrogens is 264 g/mol. The molecule has 0 aromatic heterocycles. The zero-order valence-electron chi connectivity index (χ0n) is 12.7. The van der Waals surface area contributed by atoms with Gasteiger partial charge in [-0.15, -0.1) is 0 Å². The van der Waals surface area contributed by atoms with Crippen LogP contribution in [0, 0.1) is 0 Å². The van der Waals surface area contributed by atoms with Crippen LogP contribution in [0.25, 0.3) is 0 Å². The maximum Gasteiger partial charge on any atom is 0.328 e. The minimum Gasteiger partial charge on any atom is -0.467 e. The van der Waals surface area contributed by atoms with Gasteiger partial charge in [0.1, 0.15) is 6.04 Å². The van der Waals surface area contributed by atoms with Crippen LogP contribution in [0.4, 0.5) is 0 Å². The third-order valence-electron chi connectivity index (χ3n) is 2.80. The zero-order valence-corrected chi connectivity index (χ0v) is 13.6. The number of carbonyl (C=O) groups is 2. The van der Waals surface area contributed by atoms with Crippen LogP contribution in [0.5, 0.6) is 0 Å². The Kier molecular flexibility index (Phi) is 6.86. The van der Waals surface area contributed by atoms with Crippen LogP contribution < -0.4 is 10.6 Å². The van der Waals surface area contributed by atoms with Crippen LogP contribution >= 0.6 is 12.6 Å². The van der Waals surface area contributed by atoms with Gasteiger partial charge in [-0.1, -0.05) is 13.8 Å². The minimum atomic E-state index is -0.669.